The van der Waals surface area contributed by atoms with Gasteiger partial charge in [0, 0.05) is 12.0 Å². The van der Waals surface area contributed by atoms with Crippen LogP contribution in [0.25, 0.3) is 0 Å². The lowest BCUT2D eigenvalue weighted by Crippen LogP contribution is -2.38. The molecule has 1 aromatic rings. The molecular formula is C11H11F3O2. The summed E-state index contributed by atoms with van der Waals surface area (Å²) in [5, 5.41) is 9.64. The molecule has 2 nitrogen and oxygen atoms in total. The van der Waals surface area contributed by atoms with Gasteiger partial charge >= 0.3 is 6.18 Å². The number of ether oxygens (including phenoxy) is 1. The van der Waals surface area contributed by atoms with Crippen molar-refractivity contribution >= 4 is 0 Å². The van der Waals surface area contributed by atoms with Crippen LogP contribution in [0.4, 0.5) is 13.2 Å². The number of benzene rings is 1. The van der Waals surface area contributed by atoms with Gasteiger partial charge in [0.2, 0.25) is 0 Å². The number of hydrogen-bond acceptors (Lipinski definition) is 2. The lowest BCUT2D eigenvalue weighted by Gasteiger charge is -2.30. The van der Waals surface area contributed by atoms with E-state index in [1.807, 2.05) is 6.92 Å². The Morgan fingerprint density at radius 3 is 2.69 bits per heavy atom. The van der Waals surface area contributed by atoms with Gasteiger partial charge in [0.25, 0.3) is 0 Å². The molecule has 16 heavy (non-hydrogen) atoms. The average Bonchev–Trinajstić information content (AvgIpc) is 2.17. The van der Waals surface area contributed by atoms with Crippen LogP contribution in [-0.2, 0) is 0 Å². The first-order chi connectivity index (χ1) is 7.38. The molecule has 2 atom stereocenters. The highest BCUT2D eigenvalue weighted by Crippen LogP contribution is 2.40. The highest BCUT2D eigenvalue weighted by Gasteiger charge is 2.45. The standard InChI is InChI=1S/C11H11F3O2/c1-6-2-3-9-7(4-6)8(15)5-10(16-9)11(12,13)14/h2-4,8,10,15H,5H2,1H3/t8-,10-/m1/s1. The van der Waals surface area contributed by atoms with Crippen molar-refractivity contribution < 1.29 is 23.0 Å². The number of aliphatic hydroxyl groups excluding tert-OH is 1. The van der Waals surface area contributed by atoms with Gasteiger partial charge < -0.3 is 9.84 Å². The monoisotopic (exact) mass is 232 g/mol. The molecule has 2 rings (SSSR count). The Bertz CT molecular complexity index is 401. The number of alkyl halides is 3. The molecule has 1 aliphatic heterocycles. The molecule has 0 unspecified atom stereocenters. The minimum Gasteiger partial charge on any atom is -0.480 e. The van der Waals surface area contributed by atoms with E-state index in [-0.39, 0.29) is 5.75 Å². The Hall–Kier alpha value is -1.23. The van der Waals surface area contributed by atoms with E-state index in [0.29, 0.717) is 5.56 Å². The van der Waals surface area contributed by atoms with E-state index in [9.17, 15) is 18.3 Å². The summed E-state index contributed by atoms with van der Waals surface area (Å²) < 4.78 is 42.2. The maximum Gasteiger partial charge on any atom is 0.425 e. The molecule has 0 spiro atoms. The quantitative estimate of drug-likeness (QED) is 0.745. The van der Waals surface area contributed by atoms with Crippen molar-refractivity contribution in [3.05, 3.63) is 29.3 Å². The van der Waals surface area contributed by atoms with Gasteiger partial charge in [-0.05, 0) is 19.1 Å². The van der Waals surface area contributed by atoms with Crippen LogP contribution in [0, 0.1) is 6.92 Å². The number of aliphatic hydroxyl groups is 1. The molecule has 0 saturated carbocycles. The first-order valence-electron chi connectivity index (χ1n) is 4.90. The second-order valence-corrected chi connectivity index (χ2v) is 3.94. The first-order valence-corrected chi connectivity index (χ1v) is 4.90. The van der Waals surface area contributed by atoms with Gasteiger partial charge in [-0.25, -0.2) is 0 Å². The maximum atomic E-state index is 12.5. The van der Waals surface area contributed by atoms with Crippen molar-refractivity contribution in [2.45, 2.75) is 31.7 Å². The van der Waals surface area contributed by atoms with Crippen molar-refractivity contribution in [3.8, 4) is 5.75 Å². The van der Waals surface area contributed by atoms with Crippen LogP contribution in [0.15, 0.2) is 18.2 Å². The highest BCUT2D eigenvalue weighted by molar-refractivity contribution is 5.40. The predicted molar refractivity (Wildman–Crippen MR) is 51.2 cm³/mol. The van der Waals surface area contributed by atoms with E-state index in [2.05, 4.69) is 0 Å². The first kappa shape index (κ1) is 11.3. The number of halogens is 3. The third-order valence-corrected chi connectivity index (χ3v) is 2.60. The molecule has 0 saturated heterocycles. The van der Waals surface area contributed by atoms with E-state index in [1.54, 1.807) is 12.1 Å². The van der Waals surface area contributed by atoms with Gasteiger partial charge in [-0.1, -0.05) is 11.6 Å². The Morgan fingerprint density at radius 2 is 2.06 bits per heavy atom. The van der Waals surface area contributed by atoms with Crippen LogP contribution < -0.4 is 4.74 Å². The fourth-order valence-corrected chi connectivity index (χ4v) is 1.77. The number of hydrogen-bond donors (Lipinski definition) is 1. The largest absolute Gasteiger partial charge is 0.480 e. The zero-order chi connectivity index (χ0) is 11.9. The van der Waals surface area contributed by atoms with E-state index in [4.69, 9.17) is 4.74 Å². The summed E-state index contributed by atoms with van der Waals surface area (Å²) in [6.45, 7) is 1.81. The second-order valence-electron chi connectivity index (χ2n) is 3.94. The summed E-state index contributed by atoms with van der Waals surface area (Å²) in [5.74, 6) is 0.117. The minimum absolute atomic E-state index is 0.117. The van der Waals surface area contributed by atoms with Crippen LogP contribution in [-0.4, -0.2) is 17.4 Å². The molecule has 5 heteroatoms. The normalized spacial score (nSPS) is 24.8. The summed E-state index contributed by atoms with van der Waals surface area (Å²) in [7, 11) is 0. The topological polar surface area (TPSA) is 29.5 Å². The van der Waals surface area contributed by atoms with E-state index >= 15 is 0 Å². The molecule has 1 aliphatic rings. The van der Waals surface area contributed by atoms with Gasteiger partial charge in [-0.3, -0.25) is 0 Å². The molecule has 1 heterocycles. The smallest absolute Gasteiger partial charge is 0.425 e. The Labute approximate surface area is 90.7 Å². The van der Waals surface area contributed by atoms with Crippen molar-refractivity contribution in [1.82, 2.24) is 0 Å². The molecule has 1 aromatic carbocycles. The Morgan fingerprint density at radius 1 is 1.38 bits per heavy atom. The molecule has 0 amide bonds. The van der Waals surface area contributed by atoms with Crippen molar-refractivity contribution in [1.29, 1.82) is 0 Å². The molecular weight excluding hydrogens is 221 g/mol. The molecule has 0 aliphatic carbocycles. The molecule has 0 aromatic heterocycles. The molecule has 88 valence electrons. The van der Waals surface area contributed by atoms with Crippen molar-refractivity contribution in [3.63, 3.8) is 0 Å². The lowest BCUT2D eigenvalue weighted by molar-refractivity contribution is -0.207. The Kier molecular flexibility index (Phi) is 2.58. The van der Waals surface area contributed by atoms with Gasteiger partial charge in [0.15, 0.2) is 6.10 Å². The van der Waals surface area contributed by atoms with Gasteiger partial charge in [-0.15, -0.1) is 0 Å². The third-order valence-electron chi connectivity index (χ3n) is 2.60. The zero-order valence-electron chi connectivity index (χ0n) is 8.58. The maximum absolute atomic E-state index is 12.5. The molecule has 0 bridgehead atoms. The fraction of sp³-hybridized carbons (Fsp3) is 0.455. The summed E-state index contributed by atoms with van der Waals surface area (Å²) in [6.07, 6.45) is -7.92. The lowest BCUT2D eigenvalue weighted by atomic mass is 9.97. The van der Waals surface area contributed by atoms with Crippen LogP contribution in [0.1, 0.15) is 23.7 Å². The summed E-state index contributed by atoms with van der Waals surface area (Å²) in [4.78, 5) is 0. The molecule has 0 radical (unpaired) electrons. The fourth-order valence-electron chi connectivity index (χ4n) is 1.77. The SMILES string of the molecule is Cc1ccc2c(c1)[C@H](O)C[C@H](C(F)(F)F)O2. The van der Waals surface area contributed by atoms with Gasteiger partial charge in [-0.2, -0.15) is 13.2 Å². The third kappa shape index (κ3) is 2.00. The van der Waals surface area contributed by atoms with Crippen molar-refractivity contribution in [2.75, 3.05) is 0 Å². The van der Waals surface area contributed by atoms with E-state index < -0.39 is 24.8 Å². The molecule has 1 N–H and O–H groups in total. The van der Waals surface area contributed by atoms with Crippen LogP contribution in [0.2, 0.25) is 0 Å². The highest BCUT2D eigenvalue weighted by atomic mass is 19.4. The van der Waals surface area contributed by atoms with E-state index in [0.717, 1.165) is 5.56 Å². The van der Waals surface area contributed by atoms with Crippen LogP contribution in [0.5, 0.6) is 5.75 Å². The Balaban J connectivity index is 2.34. The molecule has 0 fully saturated rings. The minimum atomic E-state index is -4.44. The summed E-state index contributed by atoms with van der Waals surface area (Å²) in [6, 6.07) is 4.77. The average molecular weight is 232 g/mol. The number of rotatable bonds is 0. The van der Waals surface area contributed by atoms with E-state index in [1.165, 1.54) is 6.07 Å². The van der Waals surface area contributed by atoms with Crippen LogP contribution >= 0.6 is 0 Å². The van der Waals surface area contributed by atoms with Crippen LogP contribution in [0.3, 0.4) is 0 Å². The second kappa shape index (κ2) is 3.66. The van der Waals surface area contributed by atoms with Crippen molar-refractivity contribution in [2.24, 2.45) is 0 Å². The van der Waals surface area contributed by atoms with Gasteiger partial charge in [0.1, 0.15) is 5.75 Å². The predicted octanol–water partition coefficient (Wildman–Crippen LogP) is 2.74. The van der Waals surface area contributed by atoms with Gasteiger partial charge in [0.05, 0.1) is 6.10 Å². The number of aryl methyl sites for hydroxylation is 1. The zero-order valence-corrected chi connectivity index (χ0v) is 8.58. The number of fused-ring (bicyclic) bond motifs is 1. The summed E-state index contributed by atoms with van der Waals surface area (Å²) >= 11 is 0. The summed E-state index contributed by atoms with van der Waals surface area (Å²) in [5.41, 5.74) is 1.31.